The van der Waals surface area contributed by atoms with Crippen molar-refractivity contribution in [2.45, 2.75) is 65.6 Å². The van der Waals surface area contributed by atoms with E-state index in [-0.39, 0.29) is 0 Å². The summed E-state index contributed by atoms with van der Waals surface area (Å²) >= 11 is 0. The summed E-state index contributed by atoms with van der Waals surface area (Å²) in [6.45, 7) is 11.0. The summed E-state index contributed by atoms with van der Waals surface area (Å²) in [6, 6.07) is 2.21. The molecule has 0 bridgehead atoms. The fourth-order valence-electron chi connectivity index (χ4n) is 2.21. The van der Waals surface area contributed by atoms with Crippen LogP contribution >= 0.6 is 0 Å². The lowest BCUT2D eigenvalue weighted by Gasteiger charge is -2.32. The summed E-state index contributed by atoms with van der Waals surface area (Å²) in [4.78, 5) is 0. The van der Waals surface area contributed by atoms with Crippen LogP contribution in [-0.4, -0.2) is 10.1 Å². The standard InChI is InChI=1S/C14H26N2/c1-5-14(6-2,7-3)15-11-13-9-10-16(8-4)12-13/h9-10,12,15H,5-8,11H2,1-4H3. The molecule has 0 atom stereocenters. The van der Waals surface area contributed by atoms with Gasteiger partial charge in [-0.05, 0) is 37.8 Å². The van der Waals surface area contributed by atoms with Crippen LogP contribution in [0.4, 0.5) is 0 Å². The molecular formula is C14H26N2. The normalized spacial score (nSPS) is 12.0. The first-order valence-corrected chi connectivity index (χ1v) is 6.59. The highest BCUT2D eigenvalue weighted by atomic mass is 15.0. The van der Waals surface area contributed by atoms with Gasteiger partial charge in [0.2, 0.25) is 0 Å². The van der Waals surface area contributed by atoms with Crippen molar-refractivity contribution in [3.8, 4) is 0 Å². The van der Waals surface area contributed by atoms with Gasteiger partial charge in [0.15, 0.2) is 0 Å². The summed E-state index contributed by atoms with van der Waals surface area (Å²) < 4.78 is 2.22. The van der Waals surface area contributed by atoms with Crippen LogP contribution in [-0.2, 0) is 13.1 Å². The molecule has 0 aliphatic heterocycles. The number of nitrogens with zero attached hydrogens (tertiary/aromatic N) is 1. The minimum atomic E-state index is 0.328. The molecule has 92 valence electrons. The van der Waals surface area contributed by atoms with Crippen molar-refractivity contribution in [3.63, 3.8) is 0 Å². The smallest absolute Gasteiger partial charge is 0.0225 e. The monoisotopic (exact) mass is 222 g/mol. The number of hydrogen-bond donors (Lipinski definition) is 1. The van der Waals surface area contributed by atoms with Gasteiger partial charge < -0.3 is 9.88 Å². The Kier molecular flexibility index (Phi) is 5.07. The molecule has 0 fully saturated rings. The second-order valence-corrected chi connectivity index (χ2v) is 4.54. The lowest BCUT2D eigenvalue weighted by atomic mass is 9.89. The van der Waals surface area contributed by atoms with E-state index in [1.54, 1.807) is 0 Å². The van der Waals surface area contributed by atoms with E-state index in [9.17, 15) is 0 Å². The third kappa shape index (κ3) is 3.11. The number of rotatable bonds is 7. The first-order valence-electron chi connectivity index (χ1n) is 6.59. The lowest BCUT2D eigenvalue weighted by molar-refractivity contribution is 0.288. The van der Waals surface area contributed by atoms with Crippen LogP contribution in [0.3, 0.4) is 0 Å². The van der Waals surface area contributed by atoms with E-state index < -0.39 is 0 Å². The SMILES string of the molecule is CCn1ccc(CNC(CC)(CC)CC)c1. The Bertz CT molecular complexity index is 289. The molecule has 0 radical (unpaired) electrons. The van der Waals surface area contributed by atoms with Gasteiger partial charge in [0.1, 0.15) is 0 Å². The number of hydrogen-bond acceptors (Lipinski definition) is 1. The van der Waals surface area contributed by atoms with Gasteiger partial charge in [0.05, 0.1) is 0 Å². The predicted molar refractivity (Wildman–Crippen MR) is 70.5 cm³/mol. The van der Waals surface area contributed by atoms with E-state index in [0.717, 1.165) is 13.1 Å². The summed E-state index contributed by atoms with van der Waals surface area (Å²) in [6.07, 6.45) is 8.00. The Balaban J connectivity index is 2.55. The maximum atomic E-state index is 3.72. The third-order valence-corrected chi connectivity index (χ3v) is 3.87. The zero-order valence-electron chi connectivity index (χ0n) is 11.2. The Morgan fingerprint density at radius 2 is 1.75 bits per heavy atom. The van der Waals surface area contributed by atoms with Crippen LogP contribution in [0.5, 0.6) is 0 Å². The van der Waals surface area contributed by atoms with Crippen LogP contribution in [0.1, 0.15) is 52.5 Å². The first kappa shape index (κ1) is 13.3. The highest BCUT2D eigenvalue weighted by Gasteiger charge is 2.22. The molecule has 0 aromatic carbocycles. The average molecular weight is 222 g/mol. The molecule has 1 aromatic heterocycles. The van der Waals surface area contributed by atoms with Crippen LogP contribution in [0.15, 0.2) is 18.5 Å². The fourth-order valence-corrected chi connectivity index (χ4v) is 2.21. The van der Waals surface area contributed by atoms with E-state index in [4.69, 9.17) is 0 Å². The van der Waals surface area contributed by atoms with Crippen molar-refractivity contribution in [3.05, 3.63) is 24.0 Å². The summed E-state index contributed by atoms with van der Waals surface area (Å²) in [5.74, 6) is 0. The lowest BCUT2D eigenvalue weighted by Crippen LogP contribution is -2.42. The molecule has 1 aromatic rings. The largest absolute Gasteiger partial charge is 0.354 e. The average Bonchev–Trinajstić information content (AvgIpc) is 2.80. The maximum absolute atomic E-state index is 3.72. The Labute approximate surface area is 100 Å². The molecule has 0 aliphatic rings. The van der Waals surface area contributed by atoms with E-state index >= 15 is 0 Å². The van der Waals surface area contributed by atoms with Gasteiger partial charge in [0.25, 0.3) is 0 Å². The van der Waals surface area contributed by atoms with Gasteiger partial charge in [-0.1, -0.05) is 20.8 Å². The van der Waals surface area contributed by atoms with Crippen molar-refractivity contribution < 1.29 is 0 Å². The molecule has 0 saturated heterocycles. The molecular weight excluding hydrogens is 196 g/mol. The van der Waals surface area contributed by atoms with Crippen LogP contribution in [0, 0.1) is 0 Å². The minimum Gasteiger partial charge on any atom is -0.354 e. The molecule has 1 rings (SSSR count). The van der Waals surface area contributed by atoms with E-state index in [2.05, 4.69) is 56.0 Å². The topological polar surface area (TPSA) is 17.0 Å². The molecule has 0 saturated carbocycles. The summed E-state index contributed by atoms with van der Waals surface area (Å²) in [5.41, 5.74) is 1.72. The Morgan fingerprint density at radius 1 is 1.12 bits per heavy atom. The second kappa shape index (κ2) is 6.09. The quantitative estimate of drug-likeness (QED) is 0.746. The number of aryl methyl sites for hydroxylation is 1. The van der Waals surface area contributed by atoms with E-state index in [1.807, 2.05) is 0 Å². The fraction of sp³-hybridized carbons (Fsp3) is 0.714. The molecule has 1 heterocycles. The summed E-state index contributed by atoms with van der Waals surface area (Å²) in [7, 11) is 0. The highest BCUT2D eigenvalue weighted by molar-refractivity contribution is 5.10. The molecule has 0 aliphatic carbocycles. The molecule has 2 nitrogen and oxygen atoms in total. The van der Waals surface area contributed by atoms with Gasteiger partial charge in [-0.25, -0.2) is 0 Å². The summed E-state index contributed by atoms with van der Waals surface area (Å²) in [5, 5.41) is 3.72. The van der Waals surface area contributed by atoms with E-state index in [0.29, 0.717) is 5.54 Å². The van der Waals surface area contributed by atoms with Gasteiger partial charge in [-0.15, -0.1) is 0 Å². The van der Waals surface area contributed by atoms with Crippen LogP contribution in [0.2, 0.25) is 0 Å². The zero-order valence-corrected chi connectivity index (χ0v) is 11.2. The van der Waals surface area contributed by atoms with Crippen LogP contribution < -0.4 is 5.32 Å². The molecule has 0 unspecified atom stereocenters. The van der Waals surface area contributed by atoms with Crippen molar-refractivity contribution in [1.82, 2.24) is 9.88 Å². The number of nitrogens with one attached hydrogen (secondary N) is 1. The molecule has 1 N–H and O–H groups in total. The molecule has 0 amide bonds. The number of aromatic nitrogens is 1. The molecule has 0 spiro atoms. The Morgan fingerprint density at radius 3 is 2.19 bits per heavy atom. The minimum absolute atomic E-state index is 0.328. The molecule has 2 heteroatoms. The predicted octanol–water partition coefficient (Wildman–Crippen LogP) is 3.57. The van der Waals surface area contributed by atoms with Crippen LogP contribution in [0.25, 0.3) is 0 Å². The highest BCUT2D eigenvalue weighted by Crippen LogP contribution is 2.20. The first-order chi connectivity index (χ1) is 7.69. The van der Waals surface area contributed by atoms with Gasteiger partial charge in [-0.2, -0.15) is 0 Å². The maximum Gasteiger partial charge on any atom is 0.0225 e. The molecule has 16 heavy (non-hydrogen) atoms. The van der Waals surface area contributed by atoms with Gasteiger partial charge in [0, 0.05) is 31.0 Å². The van der Waals surface area contributed by atoms with Crippen molar-refractivity contribution in [1.29, 1.82) is 0 Å². The van der Waals surface area contributed by atoms with E-state index in [1.165, 1.54) is 24.8 Å². The van der Waals surface area contributed by atoms with Gasteiger partial charge in [-0.3, -0.25) is 0 Å². The third-order valence-electron chi connectivity index (χ3n) is 3.87. The second-order valence-electron chi connectivity index (χ2n) is 4.54. The van der Waals surface area contributed by atoms with Gasteiger partial charge >= 0.3 is 0 Å². The zero-order chi connectivity index (χ0) is 12.0. The Hall–Kier alpha value is -0.760. The van der Waals surface area contributed by atoms with Crippen molar-refractivity contribution in [2.24, 2.45) is 0 Å². The van der Waals surface area contributed by atoms with Crippen molar-refractivity contribution >= 4 is 0 Å². The van der Waals surface area contributed by atoms with Crippen molar-refractivity contribution in [2.75, 3.05) is 0 Å².